The largest absolute Gasteiger partial charge is 0.586 e. The van der Waals surface area contributed by atoms with Crippen LogP contribution in [0.15, 0.2) is 30.3 Å². The van der Waals surface area contributed by atoms with Crippen molar-refractivity contribution in [1.29, 1.82) is 0 Å². The average Bonchev–Trinajstić information content (AvgIpc) is 3.30. The number of likely N-dealkylation sites (N-methyl/N-ethyl adjacent to an activating group) is 1. The van der Waals surface area contributed by atoms with Gasteiger partial charge in [0.2, 0.25) is 0 Å². The number of aryl methyl sites for hydroxylation is 2. The molecule has 1 aromatic heterocycles. The highest BCUT2D eigenvalue weighted by Crippen LogP contribution is 2.43. The molecule has 0 atom stereocenters. The average molecular weight is 484 g/mol. The van der Waals surface area contributed by atoms with E-state index in [4.69, 9.17) is 4.74 Å². The van der Waals surface area contributed by atoms with Crippen molar-refractivity contribution < 1.29 is 23.0 Å². The Labute approximate surface area is 195 Å². The molecule has 2 heterocycles. The lowest BCUT2D eigenvalue weighted by molar-refractivity contribution is -0.286. The molecule has 0 saturated heterocycles. The lowest BCUT2D eigenvalue weighted by Gasteiger charge is -2.16. The molecule has 1 aliphatic heterocycles. The minimum Gasteiger partial charge on any atom is -0.430 e. The van der Waals surface area contributed by atoms with E-state index in [9.17, 15) is 8.78 Å². The molecule has 0 fully saturated rings. The van der Waals surface area contributed by atoms with Crippen LogP contribution < -0.4 is 14.2 Å². The summed E-state index contributed by atoms with van der Waals surface area (Å²) in [4.78, 5) is 6.67. The summed E-state index contributed by atoms with van der Waals surface area (Å²) in [5, 5.41) is 0.374. The molecule has 172 valence electrons. The van der Waals surface area contributed by atoms with Gasteiger partial charge in [0.1, 0.15) is 5.75 Å². The highest BCUT2D eigenvalue weighted by atomic mass is 35.5. The van der Waals surface area contributed by atoms with Crippen LogP contribution in [0.5, 0.6) is 22.4 Å². The van der Waals surface area contributed by atoms with E-state index in [1.807, 2.05) is 13.0 Å². The molecule has 4 rings (SSSR count). The van der Waals surface area contributed by atoms with Gasteiger partial charge in [0.15, 0.2) is 17.3 Å². The van der Waals surface area contributed by atoms with Crippen LogP contribution in [0.3, 0.4) is 0 Å². The predicted molar refractivity (Wildman–Crippen MR) is 122 cm³/mol. The first-order chi connectivity index (χ1) is 14.7. The number of hydrogen-bond acceptors (Lipinski definition) is 7. The van der Waals surface area contributed by atoms with Gasteiger partial charge in [-0.1, -0.05) is 13.0 Å². The quantitative estimate of drug-likeness (QED) is 0.420. The molecule has 0 N–H and O–H groups in total. The van der Waals surface area contributed by atoms with E-state index in [0.717, 1.165) is 47.9 Å². The van der Waals surface area contributed by atoms with Crippen molar-refractivity contribution in [3.8, 4) is 33.8 Å². The SMILES string of the molecule is CCN(C)CCc1cc(C)c(Oc2nc(-c3ccc4c(c3)OC(F)(F)O4)ns2)cc1C.Cl. The van der Waals surface area contributed by atoms with Gasteiger partial charge < -0.3 is 19.1 Å². The van der Waals surface area contributed by atoms with Crippen molar-refractivity contribution in [2.75, 3.05) is 20.1 Å². The summed E-state index contributed by atoms with van der Waals surface area (Å²) < 4.78 is 45.6. The lowest BCUT2D eigenvalue weighted by Crippen LogP contribution is -2.25. The van der Waals surface area contributed by atoms with Crippen molar-refractivity contribution >= 4 is 23.9 Å². The molecule has 32 heavy (non-hydrogen) atoms. The molecular formula is C22H24ClF2N3O3S. The van der Waals surface area contributed by atoms with Crippen LogP contribution in [0.25, 0.3) is 11.4 Å². The lowest BCUT2D eigenvalue weighted by atomic mass is 10.0. The van der Waals surface area contributed by atoms with E-state index in [0.29, 0.717) is 16.6 Å². The number of alkyl halides is 2. The number of aromatic nitrogens is 2. The van der Waals surface area contributed by atoms with Crippen LogP contribution in [0.1, 0.15) is 23.6 Å². The Kier molecular flexibility index (Phi) is 7.22. The van der Waals surface area contributed by atoms with Gasteiger partial charge in [-0.15, -0.1) is 21.2 Å². The maximum atomic E-state index is 13.2. The van der Waals surface area contributed by atoms with E-state index in [1.165, 1.54) is 17.7 Å². The molecule has 6 nitrogen and oxygen atoms in total. The summed E-state index contributed by atoms with van der Waals surface area (Å²) >= 11 is 1.10. The number of hydrogen-bond donors (Lipinski definition) is 0. The smallest absolute Gasteiger partial charge is 0.430 e. The van der Waals surface area contributed by atoms with Crippen molar-refractivity contribution in [2.24, 2.45) is 0 Å². The normalized spacial score (nSPS) is 13.8. The molecule has 0 saturated carbocycles. The van der Waals surface area contributed by atoms with Crippen molar-refractivity contribution in [1.82, 2.24) is 14.3 Å². The van der Waals surface area contributed by atoms with Gasteiger partial charge in [-0.05, 0) is 74.8 Å². The van der Waals surface area contributed by atoms with E-state index in [-0.39, 0.29) is 23.9 Å². The summed E-state index contributed by atoms with van der Waals surface area (Å²) in [6.45, 7) is 8.23. The molecule has 0 spiro atoms. The molecule has 0 aliphatic carbocycles. The Bertz CT molecular complexity index is 1110. The van der Waals surface area contributed by atoms with Gasteiger partial charge in [-0.2, -0.15) is 9.36 Å². The Morgan fingerprint density at radius 3 is 2.59 bits per heavy atom. The Balaban J connectivity index is 0.00000289. The molecule has 0 bridgehead atoms. The highest BCUT2D eigenvalue weighted by molar-refractivity contribution is 7.07. The number of halogens is 3. The van der Waals surface area contributed by atoms with Gasteiger partial charge in [0.25, 0.3) is 5.19 Å². The highest BCUT2D eigenvalue weighted by Gasteiger charge is 2.43. The molecule has 0 amide bonds. The van der Waals surface area contributed by atoms with Crippen LogP contribution in [0, 0.1) is 13.8 Å². The third kappa shape index (κ3) is 5.28. The fourth-order valence-corrected chi connectivity index (χ4v) is 3.81. The number of ether oxygens (including phenoxy) is 3. The molecule has 3 aromatic rings. The minimum atomic E-state index is -3.65. The second-order valence-electron chi connectivity index (χ2n) is 7.51. The zero-order valence-electron chi connectivity index (χ0n) is 18.1. The van der Waals surface area contributed by atoms with Crippen molar-refractivity contribution in [2.45, 2.75) is 33.5 Å². The van der Waals surface area contributed by atoms with Crippen LogP contribution in [-0.4, -0.2) is 40.7 Å². The van der Waals surface area contributed by atoms with E-state index in [1.54, 1.807) is 6.07 Å². The Morgan fingerprint density at radius 1 is 1.09 bits per heavy atom. The zero-order valence-corrected chi connectivity index (χ0v) is 19.8. The van der Waals surface area contributed by atoms with Crippen LogP contribution in [-0.2, 0) is 6.42 Å². The third-order valence-electron chi connectivity index (χ3n) is 5.20. The molecule has 0 radical (unpaired) electrons. The first-order valence-electron chi connectivity index (χ1n) is 9.94. The molecule has 1 aliphatic rings. The zero-order chi connectivity index (χ0) is 22.2. The number of rotatable bonds is 7. The third-order valence-corrected chi connectivity index (χ3v) is 5.80. The molecule has 0 unspecified atom stereocenters. The van der Waals surface area contributed by atoms with E-state index < -0.39 is 6.29 Å². The fourth-order valence-electron chi connectivity index (χ4n) is 3.25. The first-order valence-corrected chi connectivity index (χ1v) is 10.7. The molecule has 10 heteroatoms. The summed E-state index contributed by atoms with van der Waals surface area (Å²) in [6.07, 6.45) is -2.68. The maximum absolute atomic E-state index is 13.2. The Morgan fingerprint density at radius 2 is 1.84 bits per heavy atom. The van der Waals surface area contributed by atoms with Gasteiger partial charge >= 0.3 is 6.29 Å². The number of benzene rings is 2. The van der Waals surface area contributed by atoms with Gasteiger partial charge in [0, 0.05) is 23.6 Å². The van der Waals surface area contributed by atoms with E-state index >= 15 is 0 Å². The topological polar surface area (TPSA) is 56.7 Å². The summed E-state index contributed by atoms with van der Waals surface area (Å²) in [5.41, 5.74) is 4.00. The van der Waals surface area contributed by atoms with Gasteiger partial charge in [0.05, 0.1) is 0 Å². The maximum Gasteiger partial charge on any atom is 0.586 e. The summed E-state index contributed by atoms with van der Waals surface area (Å²) in [7, 11) is 2.11. The van der Waals surface area contributed by atoms with Crippen LogP contribution in [0.4, 0.5) is 8.78 Å². The second-order valence-corrected chi connectivity index (χ2v) is 8.22. The molecular weight excluding hydrogens is 460 g/mol. The van der Waals surface area contributed by atoms with Crippen LogP contribution >= 0.6 is 23.9 Å². The summed E-state index contributed by atoms with van der Waals surface area (Å²) in [6, 6.07) is 8.61. The monoisotopic (exact) mass is 483 g/mol. The summed E-state index contributed by atoms with van der Waals surface area (Å²) in [5.74, 6) is 1.03. The fraction of sp³-hybridized carbons (Fsp3) is 0.364. The van der Waals surface area contributed by atoms with Crippen LogP contribution in [0.2, 0.25) is 0 Å². The number of fused-ring (bicyclic) bond motifs is 1. The van der Waals surface area contributed by atoms with Gasteiger partial charge in [-0.3, -0.25) is 0 Å². The number of nitrogens with zero attached hydrogens (tertiary/aromatic N) is 3. The molecule has 2 aromatic carbocycles. The predicted octanol–water partition coefficient (Wildman–Crippen LogP) is 5.85. The first kappa shape index (κ1) is 24.2. The second kappa shape index (κ2) is 9.56. The van der Waals surface area contributed by atoms with Crippen molar-refractivity contribution in [3.63, 3.8) is 0 Å². The standard InChI is InChI=1S/C22H23F2N3O3S.ClH/c1-5-27(4)9-8-15-10-14(3)18(11-13(15)2)28-21-25-20(26-31-21)16-6-7-17-19(12-16)30-22(23,24)29-17;/h6-7,10-12H,5,8-9H2,1-4H3;1H. The van der Waals surface area contributed by atoms with Gasteiger partial charge in [-0.25, -0.2) is 0 Å². The van der Waals surface area contributed by atoms with Crippen molar-refractivity contribution in [3.05, 3.63) is 47.0 Å². The Hall–Kier alpha value is -2.49. The minimum absolute atomic E-state index is 0. The van der Waals surface area contributed by atoms with E-state index in [2.05, 4.69) is 50.7 Å².